The fraction of sp³-hybridized carbons (Fsp3) is 0.120. The molecule has 12 nitrogen and oxygen atoms in total. The number of amides is 1. The van der Waals surface area contributed by atoms with E-state index in [1.165, 1.54) is 61.7 Å². The van der Waals surface area contributed by atoms with Crippen molar-refractivity contribution in [2.45, 2.75) is 12.2 Å². The standard InChI is InChI=1S/C25H18Cl2N2O10/c1-37-19-11-10-13(29(35)36)12-18(19)28-22(30)20(38-24(33)14-6-2-4-8-16(14)26)21(23(31)32)39-25(34)15-7-3-5-9-17(15)27/h2-12,20-21H,1H3,(H,28,30)(H,31,32)/t20-,21-/m1/s1. The lowest BCUT2D eigenvalue weighted by atomic mass is 10.1. The molecule has 0 saturated heterocycles. The van der Waals surface area contributed by atoms with Crippen molar-refractivity contribution >= 4 is 58.4 Å². The molecule has 0 fully saturated rings. The average Bonchev–Trinajstić information content (AvgIpc) is 2.90. The van der Waals surface area contributed by atoms with E-state index in [0.717, 1.165) is 12.1 Å². The highest BCUT2D eigenvalue weighted by molar-refractivity contribution is 6.34. The van der Waals surface area contributed by atoms with Crippen LogP contribution in [0.15, 0.2) is 66.7 Å². The van der Waals surface area contributed by atoms with Crippen LogP contribution in [0, 0.1) is 10.1 Å². The maximum Gasteiger partial charge on any atom is 0.349 e. The number of esters is 2. The van der Waals surface area contributed by atoms with Crippen LogP contribution in [0.3, 0.4) is 0 Å². The van der Waals surface area contributed by atoms with E-state index < -0.39 is 46.6 Å². The Morgan fingerprint density at radius 3 is 1.85 bits per heavy atom. The number of nitrogens with zero attached hydrogens (tertiary/aromatic N) is 1. The summed E-state index contributed by atoms with van der Waals surface area (Å²) < 4.78 is 15.3. The number of benzene rings is 3. The lowest BCUT2D eigenvalue weighted by molar-refractivity contribution is -0.384. The Bertz CT molecular complexity index is 1450. The summed E-state index contributed by atoms with van der Waals surface area (Å²) in [6.07, 6.45) is -4.69. The van der Waals surface area contributed by atoms with Gasteiger partial charge >= 0.3 is 17.9 Å². The molecule has 1 amide bonds. The largest absolute Gasteiger partial charge is 0.495 e. The van der Waals surface area contributed by atoms with Crippen molar-refractivity contribution in [1.82, 2.24) is 0 Å². The van der Waals surface area contributed by atoms with Gasteiger partial charge in [0.05, 0.1) is 38.9 Å². The van der Waals surface area contributed by atoms with Gasteiger partial charge in [-0.25, -0.2) is 14.4 Å². The number of non-ortho nitro benzene ring substituents is 1. The van der Waals surface area contributed by atoms with Crippen LogP contribution in [0.25, 0.3) is 0 Å². The predicted molar refractivity (Wildman–Crippen MR) is 137 cm³/mol. The van der Waals surface area contributed by atoms with Crippen LogP contribution in [0.4, 0.5) is 11.4 Å². The molecule has 0 aromatic heterocycles. The van der Waals surface area contributed by atoms with Crippen molar-refractivity contribution in [3.05, 3.63) is 98.0 Å². The third kappa shape index (κ3) is 7.00. The van der Waals surface area contributed by atoms with E-state index in [4.69, 9.17) is 37.4 Å². The van der Waals surface area contributed by atoms with E-state index in [1.54, 1.807) is 0 Å². The minimum absolute atomic E-state index is 0.0370. The van der Waals surface area contributed by atoms with Gasteiger partial charge in [0.2, 0.25) is 12.2 Å². The number of nitro benzene ring substituents is 1. The summed E-state index contributed by atoms with van der Waals surface area (Å²) in [6, 6.07) is 14.4. The number of hydrogen-bond acceptors (Lipinski definition) is 9. The summed E-state index contributed by atoms with van der Waals surface area (Å²) in [4.78, 5) is 61.6. The molecule has 0 aliphatic carbocycles. The van der Waals surface area contributed by atoms with E-state index in [2.05, 4.69) is 5.32 Å². The Morgan fingerprint density at radius 2 is 1.38 bits per heavy atom. The summed E-state index contributed by atoms with van der Waals surface area (Å²) in [7, 11) is 1.22. The normalized spacial score (nSPS) is 12.0. The van der Waals surface area contributed by atoms with Crippen molar-refractivity contribution in [1.29, 1.82) is 0 Å². The summed E-state index contributed by atoms with van der Waals surface area (Å²) in [5.41, 5.74) is -1.12. The van der Waals surface area contributed by atoms with E-state index >= 15 is 0 Å². The molecule has 0 unspecified atom stereocenters. The number of hydrogen-bond donors (Lipinski definition) is 2. The zero-order chi connectivity index (χ0) is 28.7. The van der Waals surface area contributed by atoms with Gasteiger partial charge in [-0.05, 0) is 30.3 Å². The number of carboxylic acid groups (broad SMARTS) is 1. The van der Waals surface area contributed by atoms with Gasteiger partial charge in [0, 0.05) is 12.1 Å². The second-order valence-electron chi connectivity index (χ2n) is 7.58. The Morgan fingerprint density at radius 1 is 0.872 bits per heavy atom. The van der Waals surface area contributed by atoms with Crippen LogP contribution >= 0.6 is 23.2 Å². The van der Waals surface area contributed by atoms with Crippen LogP contribution in [0.1, 0.15) is 20.7 Å². The smallest absolute Gasteiger partial charge is 0.349 e. The van der Waals surface area contributed by atoms with Crippen molar-refractivity contribution < 1.29 is 43.4 Å². The van der Waals surface area contributed by atoms with Gasteiger partial charge in [-0.3, -0.25) is 14.9 Å². The minimum atomic E-state index is -2.38. The zero-order valence-electron chi connectivity index (χ0n) is 19.8. The monoisotopic (exact) mass is 576 g/mol. The van der Waals surface area contributed by atoms with Crippen molar-refractivity contribution in [2.24, 2.45) is 0 Å². The molecule has 2 atom stereocenters. The lowest BCUT2D eigenvalue weighted by Crippen LogP contribution is -2.48. The third-order valence-electron chi connectivity index (χ3n) is 5.08. The van der Waals surface area contributed by atoms with Gasteiger partial charge in [0.1, 0.15) is 5.75 Å². The number of carboxylic acids is 1. The molecule has 0 spiro atoms. The predicted octanol–water partition coefficient (Wildman–Crippen LogP) is 4.38. The van der Waals surface area contributed by atoms with Crippen LogP contribution in [0.2, 0.25) is 10.0 Å². The Balaban J connectivity index is 2.02. The summed E-state index contributed by atoms with van der Waals surface area (Å²) >= 11 is 12.0. The van der Waals surface area contributed by atoms with Crippen molar-refractivity contribution in [2.75, 3.05) is 12.4 Å². The number of halogens is 2. The highest BCUT2D eigenvalue weighted by atomic mass is 35.5. The van der Waals surface area contributed by atoms with E-state index in [9.17, 15) is 34.4 Å². The molecule has 0 heterocycles. The fourth-order valence-electron chi connectivity index (χ4n) is 3.22. The second kappa shape index (κ2) is 12.7. The minimum Gasteiger partial charge on any atom is -0.495 e. The molecular formula is C25H18Cl2N2O10. The van der Waals surface area contributed by atoms with Crippen molar-refractivity contribution in [3.8, 4) is 5.75 Å². The molecule has 0 radical (unpaired) electrons. The van der Waals surface area contributed by atoms with E-state index in [-0.39, 0.29) is 32.6 Å². The molecule has 3 aromatic carbocycles. The van der Waals surface area contributed by atoms with Gasteiger partial charge in [-0.15, -0.1) is 0 Å². The SMILES string of the molecule is COc1ccc([N+](=O)[O-])cc1NC(=O)[C@H](OC(=O)c1ccccc1Cl)[C@@H](OC(=O)c1ccccc1Cl)C(=O)O. The van der Waals surface area contributed by atoms with Crippen LogP contribution in [-0.2, 0) is 19.1 Å². The van der Waals surface area contributed by atoms with E-state index in [1.807, 2.05) is 0 Å². The molecule has 3 rings (SSSR count). The number of nitrogens with one attached hydrogen (secondary N) is 1. The summed E-state index contributed by atoms with van der Waals surface area (Å²) in [6.45, 7) is 0. The zero-order valence-corrected chi connectivity index (χ0v) is 21.3. The molecule has 0 aliphatic heterocycles. The number of rotatable bonds is 10. The molecule has 0 aliphatic rings. The van der Waals surface area contributed by atoms with Gasteiger partial charge in [0.15, 0.2) is 0 Å². The number of anilines is 1. The molecule has 39 heavy (non-hydrogen) atoms. The summed E-state index contributed by atoms with van der Waals surface area (Å²) in [5.74, 6) is -5.65. The van der Waals surface area contributed by atoms with Crippen LogP contribution in [-0.4, -0.2) is 53.2 Å². The highest BCUT2D eigenvalue weighted by Gasteiger charge is 2.41. The third-order valence-corrected chi connectivity index (χ3v) is 5.74. The molecule has 0 bridgehead atoms. The number of ether oxygens (including phenoxy) is 3. The summed E-state index contributed by atoms with van der Waals surface area (Å²) in [5, 5.41) is 23.2. The quantitative estimate of drug-likeness (QED) is 0.200. The topological polar surface area (TPSA) is 171 Å². The molecule has 0 saturated carbocycles. The molecule has 202 valence electrons. The number of carbonyl (C=O) groups excluding carboxylic acids is 3. The number of nitro groups is 1. The molecule has 14 heteroatoms. The maximum absolute atomic E-state index is 13.3. The molecular weight excluding hydrogens is 559 g/mol. The van der Waals surface area contributed by atoms with Gasteiger partial charge < -0.3 is 24.6 Å². The lowest BCUT2D eigenvalue weighted by Gasteiger charge is -2.24. The molecule has 3 aromatic rings. The number of carbonyl (C=O) groups is 4. The second-order valence-corrected chi connectivity index (χ2v) is 8.40. The fourth-order valence-corrected chi connectivity index (χ4v) is 3.64. The molecule has 2 N–H and O–H groups in total. The van der Waals surface area contributed by atoms with Gasteiger partial charge in [0.25, 0.3) is 11.6 Å². The Kier molecular flexibility index (Phi) is 9.42. The number of methoxy groups -OCH3 is 1. The Hall–Kier alpha value is -4.68. The first-order valence-corrected chi connectivity index (χ1v) is 11.6. The first-order chi connectivity index (χ1) is 18.5. The van der Waals surface area contributed by atoms with Crippen LogP contribution in [0.5, 0.6) is 5.75 Å². The average molecular weight is 577 g/mol. The van der Waals surface area contributed by atoms with Gasteiger partial charge in [-0.1, -0.05) is 47.5 Å². The first-order valence-electron chi connectivity index (χ1n) is 10.8. The first kappa shape index (κ1) is 28.9. The van der Waals surface area contributed by atoms with Crippen LogP contribution < -0.4 is 10.1 Å². The van der Waals surface area contributed by atoms with Crippen molar-refractivity contribution in [3.63, 3.8) is 0 Å². The van der Waals surface area contributed by atoms with E-state index in [0.29, 0.717) is 0 Å². The van der Waals surface area contributed by atoms with Gasteiger partial charge in [-0.2, -0.15) is 0 Å². The maximum atomic E-state index is 13.3. The Labute approximate surface area is 230 Å². The number of aliphatic carboxylic acids is 1. The highest BCUT2D eigenvalue weighted by Crippen LogP contribution is 2.30.